The van der Waals surface area contributed by atoms with Gasteiger partial charge in [0, 0.05) is 0 Å². The van der Waals surface area contributed by atoms with Gasteiger partial charge in [-0.3, -0.25) is 4.72 Å². The van der Waals surface area contributed by atoms with Gasteiger partial charge in [0.1, 0.15) is 5.75 Å². The van der Waals surface area contributed by atoms with Crippen LogP contribution >= 0.6 is 34.8 Å². The third kappa shape index (κ3) is 3.60. The minimum atomic E-state index is -3.80. The van der Waals surface area contributed by atoms with E-state index in [0.717, 1.165) is 0 Å². The summed E-state index contributed by atoms with van der Waals surface area (Å²) in [5, 5.41) is 0.604. The Balaban J connectivity index is 2.40. The standard InChI is InChI=1S/C14H12Cl3NO3S/c1-8-5-9(3-4-14(8)21-2)22(19,20)18-13-7-11(16)10(15)6-12(13)17/h3-7,18H,1-2H3. The monoisotopic (exact) mass is 379 g/mol. The van der Waals surface area contributed by atoms with Gasteiger partial charge in [0.05, 0.1) is 32.8 Å². The zero-order valence-corrected chi connectivity index (χ0v) is 14.7. The summed E-state index contributed by atoms with van der Waals surface area (Å²) in [6.07, 6.45) is 0. The molecule has 0 unspecified atom stereocenters. The number of anilines is 1. The van der Waals surface area contributed by atoms with Crippen LogP contribution in [0, 0.1) is 6.92 Å². The Morgan fingerprint density at radius 2 is 1.64 bits per heavy atom. The minimum Gasteiger partial charge on any atom is -0.496 e. The number of ether oxygens (including phenoxy) is 1. The van der Waals surface area contributed by atoms with Crippen LogP contribution in [-0.4, -0.2) is 15.5 Å². The fourth-order valence-corrected chi connectivity index (χ4v) is 3.63. The van der Waals surface area contributed by atoms with E-state index in [1.807, 2.05) is 0 Å². The predicted molar refractivity (Wildman–Crippen MR) is 90.0 cm³/mol. The van der Waals surface area contributed by atoms with Gasteiger partial charge in [-0.25, -0.2) is 8.42 Å². The topological polar surface area (TPSA) is 55.4 Å². The smallest absolute Gasteiger partial charge is 0.261 e. The van der Waals surface area contributed by atoms with Crippen LogP contribution in [0.5, 0.6) is 5.75 Å². The third-order valence-electron chi connectivity index (χ3n) is 2.93. The molecule has 22 heavy (non-hydrogen) atoms. The Labute approximate surface area is 144 Å². The molecule has 0 aliphatic heterocycles. The summed E-state index contributed by atoms with van der Waals surface area (Å²) in [5.41, 5.74) is 0.857. The van der Waals surface area contributed by atoms with Crippen LogP contribution in [0.2, 0.25) is 15.1 Å². The number of benzene rings is 2. The van der Waals surface area contributed by atoms with Crippen molar-refractivity contribution >= 4 is 50.5 Å². The Kier molecular flexibility index (Phi) is 5.12. The molecule has 2 aromatic rings. The first-order chi connectivity index (χ1) is 10.2. The maximum absolute atomic E-state index is 12.4. The third-order valence-corrected chi connectivity index (χ3v) is 5.33. The number of hydrogen-bond donors (Lipinski definition) is 1. The maximum Gasteiger partial charge on any atom is 0.261 e. The van der Waals surface area contributed by atoms with E-state index in [1.165, 1.54) is 31.4 Å². The van der Waals surface area contributed by atoms with E-state index in [9.17, 15) is 8.42 Å². The first kappa shape index (κ1) is 17.2. The van der Waals surface area contributed by atoms with Gasteiger partial charge in [0.25, 0.3) is 10.0 Å². The average molecular weight is 381 g/mol. The van der Waals surface area contributed by atoms with Gasteiger partial charge in [-0.2, -0.15) is 0 Å². The van der Waals surface area contributed by atoms with Gasteiger partial charge < -0.3 is 4.74 Å². The van der Waals surface area contributed by atoms with E-state index >= 15 is 0 Å². The molecule has 0 saturated carbocycles. The zero-order chi connectivity index (χ0) is 16.5. The first-order valence-corrected chi connectivity index (χ1v) is 8.68. The number of hydrogen-bond acceptors (Lipinski definition) is 3. The lowest BCUT2D eigenvalue weighted by atomic mass is 10.2. The lowest BCUT2D eigenvalue weighted by Gasteiger charge is -2.12. The molecule has 2 aromatic carbocycles. The molecule has 0 aromatic heterocycles. The van der Waals surface area contributed by atoms with Crippen LogP contribution < -0.4 is 9.46 Å². The van der Waals surface area contributed by atoms with Crippen LogP contribution in [0.1, 0.15) is 5.56 Å². The summed E-state index contributed by atoms with van der Waals surface area (Å²) >= 11 is 17.7. The summed E-state index contributed by atoms with van der Waals surface area (Å²) in [4.78, 5) is 0.0907. The molecule has 0 spiro atoms. The summed E-state index contributed by atoms with van der Waals surface area (Å²) in [6, 6.07) is 7.27. The van der Waals surface area contributed by atoms with Gasteiger partial charge in [-0.15, -0.1) is 0 Å². The number of rotatable bonds is 4. The van der Waals surface area contributed by atoms with Crippen molar-refractivity contribution < 1.29 is 13.2 Å². The Hall–Kier alpha value is -1.14. The normalized spacial score (nSPS) is 11.3. The molecule has 0 saturated heterocycles. The molecule has 0 fully saturated rings. The predicted octanol–water partition coefficient (Wildman–Crippen LogP) is 4.76. The Bertz CT molecular complexity index is 822. The van der Waals surface area contributed by atoms with Gasteiger partial charge >= 0.3 is 0 Å². The molecule has 0 atom stereocenters. The molecule has 1 N–H and O–H groups in total. The highest BCUT2D eigenvalue weighted by atomic mass is 35.5. The number of nitrogens with one attached hydrogen (secondary N) is 1. The van der Waals surface area contributed by atoms with Gasteiger partial charge in [-0.1, -0.05) is 34.8 Å². The first-order valence-electron chi connectivity index (χ1n) is 6.06. The molecule has 4 nitrogen and oxygen atoms in total. The Morgan fingerprint density at radius 3 is 2.23 bits per heavy atom. The van der Waals surface area contributed by atoms with Gasteiger partial charge in [0.2, 0.25) is 0 Å². The summed E-state index contributed by atoms with van der Waals surface area (Å²) in [7, 11) is -2.29. The van der Waals surface area contributed by atoms with Crippen molar-refractivity contribution in [3.05, 3.63) is 51.0 Å². The zero-order valence-electron chi connectivity index (χ0n) is 11.7. The van der Waals surface area contributed by atoms with E-state index in [1.54, 1.807) is 13.0 Å². The van der Waals surface area contributed by atoms with Crippen LogP contribution in [0.4, 0.5) is 5.69 Å². The molecule has 0 heterocycles. The van der Waals surface area contributed by atoms with Crippen molar-refractivity contribution in [3.8, 4) is 5.75 Å². The second-order valence-corrected chi connectivity index (χ2v) is 7.39. The van der Waals surface area contributed by atoms with Crippen LogP contribution in [0.15, 0.2) is 35.2 Å². The molecule has 0 bridgehead atoms. The molecule has 2 rings (SSSR count). The average Bonchev–Trinajstić information content (AvgIpc) is 2.44. The van der Waals surface area contributed by atoms with E-state index in [-0.39, 0.29) is 25.7 Å². The fourth-order valence-electron chi connectivity index (χ4n) is 1.82. The highest BCUT2D eigenvalue weighted by molar-refractivity contribution is 7.92. The molecule has 0 aliphatic rings. The van der Waals surface area contributed by atoms with Crippen molar-refractivity contribution in [1.29, 1.82) is 0 Å². The highest BCUT2D eigenvalue weighted by Crippen LogP contribution is 2.33. The maximum atomic E-state index is 12.4. The SMILES string of the molecule is COc1ccc(S(=O)(=O)Nc2cc(Cl)c(Cl)cc2Cl)cc1C. The molecule has 0 amide bonds. The van der Waals surface area contributed by atoms with Gasteiger partial charge in [0.15, 0.2) is 0 Å². The molecule has 0 aliphatic carbocycles. The summed E-state index contributed by atoms with van der Waals surface area (Å²) < 4.78 is 32.3. The number of sulfonamides is 1. The summed E-state index contributed by atoms with van der Waals surface area (Å²) in [5.74, 6) is 0.603. The summed E-state index contributed by atoms with van der Waals surface area (Å²) in [6.45, 7) is 1.75. The molecular formula is C14H12Cl3NO3S. The van der Waals surface area contributed by atoms with E-state index < -0.39 is 10.0 Å². The second kappa shape index (κ2) is 6.54. The van der Waals surface area contributed by atoms with Crippen molar-refractivity contribution in [2.75, 3.05) is 11.8 Å². The molecule has 0 radical (unpaired) electrons. The van der Waals surface area contributed by atoms with E-state index in [0.29, 0.717) is 11.3 Å². The number of aryl methyl sites for hydroxylation is 1. The van der Waals surface area contributed by atoms with Crippen molar-refractivity contribution in [2.24, 2.45) is 0 Å². The number of methoxy groups -OCH3 is 1. The molecular weight excluding hydrogens is 369 g/mol. The fraction of sp³-hybridized carbons (Fsp3) is 0.143. The number of halogens is 3. The van der Waals surface area contributed by atoms with Crippen molar-refractivity contribution in [3.63, 3.8) is 0 Å². The lowest BCUT2D eigenvalue weighted by Crippen LogP contribution is -2.13. The van der Waals surface area contributed by atoms with Crippen molar-refractivity contribution in [2.45, 2.75) is 11.8 Å². The quantitative estimate of drug-likeness (QED) is 0.778. The van der Waals surface area contributed by atoms with Crippen molar-refractivity contribution in [1.82, 2.24) is 0 Å². The van der Waals surface area contributed by atoms with Crippen LogP contribution in [0.3, 0.4) is 0 Å². The lowest BCUT2D eigenvalue weighted by molar-refractivity contribution is 0.411. The van der Waals surface area contributed by atoms with Crippen LogP contribution in [-0.2, 0) is 10.0 Å². The second-order valence-electron chi connectivity index (χ2n) is 4.48. The highest BCUT2D eigenvalue weighted by Gasteiger charge is 2.18. The van der Waals surface area contributed by atoms with E-state index in [4.69, 9.17) is 39.5 Å². The van der Waals surface area contributed by atoms with E-state index in [2.05, 4.69) is 4.72 Å². The molecule has 8 heteroatoms. The minimum absolute atomic E-state index is 0.0907. The Morgan fingerprint density at radius 1 is 1.00 bits per heavy atom. The largest absolute Gasteiger partial charge is 0.496 e. The van der Waals surface area contributed by atoms with Gasteiger partial charge in [-0.05, 0) is 42.8 Å². The van der Waals surface area contributed by atoms with Crippen LogP contribution in [0.25, 0.3) is 0 Å². The molecule has 118 valence electrons.